The third-order valence-electron chi connectivity index (χ3n) is 5.41. The van der Waals surface area contributed by atoms with Crippen LogP contribution in [-0.4, -0.2) is 49.8 Å². The second kappa shape index (κ2) is 10.7. The summed E-state index contributed by atoms with van der Waals surface area (Å²) < 4.78 is 16.2. The minimum absolute atomic E-state index is 0.120. The maximum absolute atomic E-state index is 13.0. The SMILES string of the molecule is CCOc1ccc(NC(=O)C(C)N2C(=O)COc3ccc(-c4csc(CCOC)n4)cc32)cc1. The molecule has 0 fully saturated rings. The molecule has 1 aliphatic heterocycles. The van der Waals surface area contributed by atoms with Crippen molar-refractivity contribution in [2.45, 2.75) is 26.3 Å². The summed E-state index contributed by atoms with van der Waals surface area (Å²) in [7, 11) is 1.66. The van der Waals surface area contributed by atoms with Crippen LogP contribution in [0.25, 0.3) is 11.3 Å². The molecule has 178 valence electrons. The van der Waals surface area contributed by atoms with E-state index in [2.05, 4.69) is 10.3 Å². The van der Waals surface area contributed by atoms with E-state index in [4.69, 9.17) is 14.2 Å². The van der Waals surface area contributed by atoms with Crippen molar-refractivity contribution in [3.05, 3.63) is 52.9 Å². The summed E-state index contributed by atoms with van der Waals surface area (Å²) in [5, 5.41) is 5.83. The first-order valence-electron chi connectivity index (χ1n) is 11.1. The predicted molar refractivity (Wildman–Crippen MR) is 132 cm³/mol. The number of carbonyl (C=O) groups is 2. The summed E-state index contributed by atoms with van der Waals surface area (Å²) in [6.45, 7) is 4.67. The van der Waals surface area contributed by atoms with E-state index in [1.807, 2.05) is 30.5 Å². The number of thiazole rings is 1. The lowest BCUT2D eigenvalue weighted by molar-refractivity contribution is -0.125. The Balaban J connectivity index is 1.55. The quantitative estimate of drug-likeness (QED) is 0.494. The van der Waals surface area contributed by atoms with Crippen LogP contribution in [0.3, 0.4) is 0 Å². The van der Waals surface area contributed by atoms with Gasteiger partial charge in [0.1, 0.15) is 17.5 Å². The Morgan fingerprint density at radius 2 is 2.06 bits per heavy atom. The molecule has 0 bridgehead atoms. The van der Waals surface area contributed by atoms with Crippen molar-refractivity contribution in [3.8, 4) is 22.8 Å². The maximum atomic E-state index is 13.0. The van der Waals surface area contributed by atoms with Gasteiger partial charge < -0.3 is 19.5 Å². The molecule has 0 aliphatic carbocycles. The molecule has 0 radical (unpaired) electrons. The zero-order valence-electron chi connectivity index (χ0n) is 19.4. The number of benzene rings is 2. The molecule has 2 heterocycles. The summed E-state index contributed by atoms with van der Waals surface area (Å²) >= 11 is 1.56. The minimum atomic E-state index is -0.746. The Hall–Kier alpha value is -3.43. The molecule has 1 N–H and O–H groups in total. The van der Waals surface area contributed by atoms with Crippen LogP contribution in [0.15, 0.2) is 47.8 Å². The van der Waals surface area contributed by atoms with Crippen LogP contribution in [0.1, 0.15) is 18.9 Å². The predicted octanol–water partition coefficient (Wildman–Crippen LogP) is 4.15. The zero-order valence-corrected chi connectivity index (χ0v) is 20.2. The second-order valence-electron chi connectivity index (χ2n) is 7.73. The first-order valence-corrected chi connectivity index (χ1v) is 11.9. The number of fused-ring (bicyclic) bond motifs is 1. The minimum Gasteiger partial charge on any atom is -0.494 e. The van der Waals surface area contributed by atoms with E-state index in [1.54, 1.807) is 49.6 Å². The summed E-state index contributed by atoms with van der Waals surface area (Å²) in [6.07, 6.45) is 0.739. The van der Waals surface area contributed by atoms with Crippen LogP contribution in [0.5, 0.6) is 11.5 Å². The molecule has 9 heteroatoms. The summed E-state index contributed by atoms with van der Waals surface area (Å²) in [5.74, 6) is 0.703. The molecular weight excluding hydrogens is 454 g/mol. The molecule has 2 aromatic carbocycles. The van der Waals surface area contributed by atoms with Gasteiger partial charge in [-0.05, 0) is 56.3 Å². The van der Waals surface area contributed by atoms with Gasteiger partial charge in [-0.15, -0.1) is 11.3 Å². The average Bonchev–Trinajstić information content (AvgIpc) is 3.32. The molecule has 1 aromatic heterocycles. The van der Waals surface area contributed by atoms with E-state index in [1.165, 1.54) is 4.90 Å². The monoisotopic (exact) mass is 481 g/mol. The largest absolute Gasteiger partial charge is 0.494 e. The number of hydrogen-bond acceptors (Lipinski definition) is 7. The highest BCUT2D eigenvalue weighted by Gasteiger charge is 2.33. The van der Waals surface area contributed by atoms with E-state index in [-0.39, 0.29) is 18.4 Å². The van der Waals surface area contributed by atoms with Crippen LogP contribution in [-0.2, 0) is 20.7 Å². The van der Waals surface area contributed by atoms with Crippen molar-refractivity contribution in [1.82, 2.24) is 4.98 Å². The number of hydrogen-bond donors (Lipinski definition) is 1. The van der Waals surface area contributed by atoms with Gasteiger partial charge in [-0.3, -0.25) is 14.5 Å². The first-order chi connectivity index (χ1) is 16.5. The molecule has 0 spiro atoms. The van der Waals surface area contributed by atoms with Gasteiger partial charge >= 0.3 is 0 Å². The van der Waals surface area contributed by atoms with Crippen LogP contribution in [0, 0.1) is 0 Å². The van der Waals surface area contributed by atoms with E-state index in [9.17, 15) is 9.59 Å². The number of ether oxygens (including phenoxy) is 3. The van der Waals surface area contributed by atoms with Crippen LogP contribution < -0.4 is 19.7 Å². The third kappa shape index (κ3) is 5.21. The highest BCUT2D eigenvalue weighted by Crippen LogP contribution is 2.37. The van der Waals surface area contributed by atoms with Crippen LogP contribution in [0.2, 0.25) is 0 Å². The fraction of sp³-hybridized carbons (Fsp3) is 0.320. The number of nitrogens with one attached hydrogen (secondary N) is 1. The Kier molecular flexibility index (Phi) is 7.44. The number of methoxy groups -OCH3 is 1. The standard InChI is InChI=1S/C25H27N3O5S/c1-4-32-19-8-6-18(7-9-19)26-25(30)16(2)28-21-13-17(5-10-22(21)33-14-24(28)29)20-15-34-23(27-20)11-12-31-3/h5-10,13,15-16H,4,11-12,14H2,1-3H3,(H,26,30). The van der Waals surface area contributed by atoms with Crippen LogP contribution in [0.4, 0.5) is 11.4 Å². The van der Waals surface area contributed by atoms with Crippen molar-refractivity contribution in [3.63, 3.8) is 0 Å². The van der Waals surface area contributed by atoms with E-state index >= 15 is 0 Å². The second-order valence-corrected chi connectivity index (χ2v) is 8.67. The molecule has 4 rings (SSSR count). The van der Waals surface area contributed by atoms with Gasteiger partial charge in [-0.25, -0.2) is 4.98 Å². The van der Waals surface area contributed by atoms with Crippen molar-refractivity contribution in [2.24, 2.45) is 0 Å². The van der Waals surface area contributed by atoms with E-state index in [0.717, 1.165) is 28.4 Å². The Labute approximate surface area is 202 Å². The smallest absolute Gasteiger partial charge is 0.265 e. The Bertz CT molecular complexity index is 1160. The fourth-order valence-electron chi connectivity index (χ4n) is 3.67. The molecule has 3 aromatic rings. The molecule has 0 saturated heterocycles. The van der Waals surface area contributed by atoms with Gasteiger partial charge in [0.15, 0.2) is 6.61 Å². The molecule has 0 saturated carbocycles. The fourth-order valence-corrected chi connectivity index (χ4v) is 4.46. The van der Waals surface area contributed by atoms with E-state index < -0.39 is 6.04 Å². The maximum Gasteiger partial charge on any atom is 0.265 e. The number of aromatic nitrogens is 1. The number of carbonyl (C=O) groups excluding carboxylic acids is 2. The molecule has 2 amide bonds. The lowest BCUT2D eigenvalue weighted by Crippen LogP contribution is -2.49. The zero-order chi connectivity index (χ0) is 24.1. The number of anilines is 2. The van der Waals surface area contributed by atoms with Gasteiger partial charge in [0.05, 0.1) is 29.6 Å². The molecular formula is C25H27N3O5S. The number of nitrogens with zero attached hydrogens (tertiary/aromatic N) is 2. The molecule has 8 nitrogen and oxygen atoms in total. The topological polar surface area (TPSA) is 90.0 Å². The van der Waals surface area contributed by atoms with Gasteiger partial charge in [0.2, 0.25) is 5.91 Å². The van der Waals surface area contributed by atoms with Crippen molar-refractivity contribution in [1.29, 1.82) is 0 Å². The Morgan fingerprint density at radius 3 is 2.79 bits per heavy atom. The molecule has 1 unspecified atom stereocenters. The van der Waals surface area contributed by atoms with Gasteiger partial charge in [0.25, 0.3) is 5.91 Å². The normalized spacial score (nSPS) is 13.7. The summed E-state index contributed by atoms with van der Waals surface area (Å²) in [6, 6.07) is 12.0. The first kappa shape index (κ1) is 23.7. The summed E-state index contributed by atoms with van der Waals surface area (Å²) in [4.78, 5) is 32.0. The highest BCUT2D eigenvalue weighted by molar-refractivity contribution is 7.09. The van der Waals surface area contributed by atoms with Crippen molar-refractivity contribution in [2.75, 3.05) is 37.1 Å². The Morgan fingerprint density at radius 1 is 1.26 bits per heavy atom. The number of amides is 2. The number of rotatable bonds is 9. The van der Waals surface area contributed by atoms with Crippen molar-refractivity contribution < 1.29 is 23.8 Å². The van der Waals surface area contributed by atoms with E-state index in [0.29, 0.717) is 30.3 Å². The third-order valence-corrected chi connectivity index (χ3v) is 6.31. The van der Waals surface area contributed by atoms with Crippen molar-refractivity contribution >= 4 is 34.5 Å². The molecule has 1 atom stereocenters. The average molecular weight is 482 g/mol. The summed E-state index contributed by atoms with van der Waals surface area (Å²) in [5.41, 5.74) is 2.83. The lowest BCUT2D eigenvalue weighted by atomic mass is 10.1. The van der Waals surface area contributed by atoms with Gasteiger partial charge in [0, 0.05) is 30.2 Å². The molecule has 1 aliphatic rings. The van der Waals surface area contributed by atoms with Crippen LogP contribution >= 0.6 is 11.3 Å². The molecule has 34 heavy (non-hydrogen) atoms. The van der Waals surface area contributed by atoms with Gasteiger partial charge in [-0.1, -0.05) is 0 Å². The highest BCUT2D eigenvalue weighted by atomic mass is 32.1. The van der Waals surface area contributed by atoms with Gasteiger partial charge in [-0.2, -0.15) is 0 Å². The lowest BCUT2D eigenvalue weighted by Gasteiger charge is -2.33.